The van der Waals surface area contributed by atoms with Crippen molar-refractivity contribution in [2.75, 3.05) is 20.3 Å². The molecule has 1 amide bonds. The molecule has 148 valence electrons. The number of rotatable bonds is 9. The highest BCUT2D eigenvalue weighted by Gasteiger charge is 2.52. The summed E-state index contributed by atoms with van der Waals surface area (Å²) in [5.41, 5.74) is 1.69. The van der Waals surface area contributed by atoms with E-state index < -0.39 is 5.41 Å². The average Bonchev–Trinajstić information content (AvgIpc) is 3.05. The standard InChI is InChI=1S/C23H27NO4/c1-18-9-11-20(12-10-18)21(25)23(14-15-24(27-2)22(23)26)13-6-16-28-17-19-7-4-3-5-8-19/h3-5,7-12H,6,13-17H2,1-2H3/t23-/m0/s1. The summed E-state index contributed by atoms with van der Waals surface area (Å²) in [6.45, 7) is 3.43. The Morgan fingerprint density at radius 3 is 2.46 bits per heavy atom. The summed E-state index contributed by atoms with van der Waals surface area (Å²) in [4.78, 5) is 31.4. The molecule has 0 saturated carbocycles. The van der Waals surface area contributed by atoms with Gasteiger partial charge in [0.15, 0.2) is 5.78 Å². The second-order valence-electron chi connectivity index (χ2n) is 7.26. The minimum atomic E-state index is -1.07. The molecule has 1 aliphatic heterocycles. The van der Waals surface area contributed by atoms with E-state index in [0.717, 1.165) is 11.1 Å². The van der Waals surface area contributed by atoms with E-state index in [1.54, 1.807) is 12.1 Å². The van der Waals surface area contributed by atoms with E-state index in [4.69, 9.17) is 9.57 Å². The number of Topliss-reactive ketones (excluding diaryl/α,β-unsaturated/α-hetero) is 1. The first-order valence-corrected chi connectivity index (χ1v) is 9.66. The number of hydrogen-bond acceptors (Lipinski definition) is 4. The number of benzene rings is 2. The van der Waals surface area contributed by atoms with E-state index in [9.17, 15) is 9.59 Å². The molecule has 0 N–H and O–H groups in total. The molecule has 0 spiro atoms. The van der Waals surface area contributed by atoms with Crippen LogP contribution in [0.3, 0.4) is 0 Å². The van der Waals surface area contributed by atoms with Gasteiger partial charge >= 0.3 is 0 Å². The average molecular weight is 381 g/mol. The molecule has 3 rings (SSSR count). The highest BCUT2D eigenvalue weighted by Crippen LogP contribution is 2.40. The number of carbonyl (C=O) groups excluding carboxylic acids is 2. The van der Waals surface area contributed by atoms with Gasteiger partial charge in [0.25, 0.3) is 5.91 Å². The van der Waals surface area contributed by atoms with Crippen LogP contribution in [0.15, 0.2) is 54.6 Å². The van der Waals surface area contributed by atoms with Gasteiger partial charge in [-0.1, -0.05) is 60.2 Å². The summed E-state index contributed by atoms with van der Waals surface area (Å²) in [5, 5.41) is 1.30. The molecule has 28 heavy (non-hydrogen) atoms. The fraction of sp³-hybridized carbons (Fsp3) is 0.391. The predicted molar refractivity (Wildman–Crippen MR) is 107 cm³/mol. The summed E-state index contributed by atoms with van der Waals surface area (Å²) in [7, 11) is 1.47. The normalized spacial score (nSPS) is 19.2. The lowest BCUT2D eigenvalue weighted by atomic mass is 9.75. The molecule has 1 saturated heterocycles. The molecule has 1 atom stereocenters. The lowest BCUT2D eigenvalue weighted by Gasteiger charge is -2.26. The molecule has 0 aromatic heterocycles. The number of amides is 1. The Morgan fingerprint density at radius 2 is 1.82 bits per heavy atom. The van der Waals surface area contributed by atoms with Gasteiger partial charge in [-0.3, -0.25) is 14.4 Å². The number of aryl methyl sites for hydroxylation is 1. The van der Waals surface area contributed by atoms with E-state index in [1.807, 2.05) is 49.4 Å². The van der Waals surface area contributed by atoms with E-state index >= 15 is 0 Å². The molecule has 1 aliphatic rings. The van der Waals surface area contributed by atoms with Crippen LogP contribution in [0.2, 0.25) is 0 Å². The van der Waals surface area contributed by atoms with Crippen LogP contribution in [-0.2, 0) is 21.0 Å². The van der Waals surface area contributed by atoms with Crippen LogP contribution in [0.25, 0.3) is 0 Å². The fourth-order valence-corrected chi connectivity index (χ4v) is 3.69. The lowest BCUT2D eigenvalue weighted by Crippen LogP contribution is -2.40. The molecule has 0 unspecified atom stereocenters. The Kier molecular flexibility index (Phi) is 6.60. The van der Waals surface area contributed by atoms with Crippen LogP contribution < -0.4 is 0 Å². The number of ketones is 1. The van der Waals surface area contributed by atoms with Crippen LogP contribution in [0.5, 0.6) is 0 Å². The van der Waals surface area contributed by atoms with Crippen molar-refractivity contribution in [3.63, 3.8) is 0 Å². The van der Waals surface area contributed by atoms with Crippen molar-refractivity contribution in [1.29, 1.82) is 0 Å². The number of carbonyl (C=O) groups is 2. The molecular formula is C23H27NO4. The highest BCUT2D eigenvalue weighted by atomic mass is 16.7. The van der Waals surface area contributed by atoms with Gasteiger partial charge in [-0.25, -0.2) is 5.06 Å². The molecule has 5 nitrogen and oxygen atoms in total. The summed E-state index contributed by atoms with van der Waals surface area (Å²) in [5.74, 6) is -0.372. The Morgan fingerprint density at radius 1 is 1.11 bits per heavy atom. The number of ether oxygens (including phenoxy) is 1. The zero-order valence-corrected chi connectivity index (χ0v) is 16.5. The van der Waals surface area contributed by atoms with Crippen molar-refractivity contribution >= 4 is 11.7 Å². The maximum absolute atomic E-state index is 13.3. The second-order valence-corrected chi connectivity index (χ2v) is 7.26. The van der Waals surface area contributed by atoms with Gasteiger partial charge in [0.2, 0.25) is 0 Å². The van der Waals surface area contributed by atoms with E-state index in [-0.39, 0.29) is 11.7 Å². The minimum absolute atomic E-state index is 0.125. The van der Waals surface area contributed by atoms with Crippen molar-refractivity contribution in [3.8, 4) is 0 Å². The highest BCUT2D eigenvalue weighted by molar-refractivity contribution is 6.14. The molecule has 5 heteroatoms. The van der Waals surface area contributed by atoms with Gasteiger partial charge in [-0.05, 0) is 31.7 Å². The van der Waals surface area contributed by atoms with Gasteiger partial charge in [-0.15, -0.1) is 0 Å². The predicted octanol–water partition coefficient (Wildman–Crippen LogP) is 3.95. The fourth-order valence-electron chi connectivity index (χ4n) is 3.69. The zero-order valence-electron chi connectivity index (χ0n) is 16.5. The molecule has 1 fully saturated rings. The van der Waals surface area contributed by atoms with E-state index in [0.29, 0.717) is 44.6 Å². The first kappa shape index (κ1) is 20.2. The van der Waals surface area contributed by atoms with E-state index in [1.165, 1.54) is 12.2 Å². The summed E-state index contributed by atoms with van der Waals surface area (Å²) < 4.78 is 5.75. The topological polar surface area (TPSA) is 55.8 Å². The van der Waals surface area contributed by atoms with Crippen LogP contribution >= 0.6 is 0 Å². The summed E-state index contributed by atoms with van der Waals surface area (Å²) >= 11 is 0. The Bertz CT molecular complexity index is 803. The lowest BCUT2D eigenvalue weighted by molar-refractivity contribution is -0.172. The zero-order chi connectivity index (χ0) is 20.0. The molecule has 2 aromatic rings. The molecule has 0 aliphatic carbocycles. The number of hydrogen-bond donors (Lipinski definition) is 0. The first-order valence-electron chi connectivity index (χ1n) is 9.66. The molecule has 2 aromatic carbocycles. The third-order valence-corrected chi connectivity index (χ3v) is 5.35. The van der Waals surface area contributed by atoms with E-state index in [2.05, 4.69) is 0 Å². The molecule has 0 radical (unpaired) electrons. The molecule has 1 heterocycles. The maximum atomic E-state index is 13.3. The van der Waals surface area contributed by atoms with Crippen molar-refractivity contribution in [1.82, 2.24) is 5.06 Å². The summed E-state index contributed by atoms with van der Waals surface area (Å²) in [6, 6.07) is 17.3. The largest absolute Gasteiger partial charge is 0.377 e. The minimum Gasteiger partial charge on any atom is -0.377 e. The Hall–Kier alpha value is -2.50. The Balaban J connectivity index is 1.66. The van der Waals surface area contributed by atoms with Crippen molar-refractivity contribution in [2.24, 2.45) is 5.41 Å². The van der Waals surface area contributed by atoms with Crippen LogP contribution in [0, 0.1) is 12.3 Å². The van der Waals surface area contributed by atoms with Gasteiger partial charge in [0.1, 0.15) is 5.41 Å². The van der Waals surface area contributed by atoms with Crippen molar-refractivity contribution in [2.45, 2.75) is 32.8 Å². The van der Waals surface area contributed by atoms with Gasteiger partial charge in [0, 0.05) is 12.2 Å². The third-order valence-electron chi connectivity index (χ3n) is 5.35. The van der Waals surface area contributed by atoms with Crippen LogP contribution in [-0.4, -0.2) is 37.0 Å². The van der Waals surface area contributed by atoms with Crippen molar-refractivity contribution < 1.29 is 19.2 Å². The first-order chi connectivity index (χ1) is 13.6. The monoisotopic (exact) mass is 381 g/mol. The van der Waals surface area contributed by atoms with Crippen molar-refractivity contribution in [3.05, 3.63) is 71.3 Å². The van der Waals surface area contributed by atoms with Gasteiger partial charge in [-0.2, -0.15) is 0 Å². The SMILES string of the molecule is CON1CC[C@@](CCCOCc2ccccc2)(C(=O)c2ccc(C)cc2)C1=O. The Labute approximate surface area is 166 Å². The van der Waals surface area contributed by atoms with Crippen LogP contribution in [0.4, 0.5) is 0 Å². The third kappa shape index (κ3) is 4.32. The second kappa shape index (κ2) is 9.13. The van der Waals surface area contributed by atoms with Gasteiger partial charge < -0.3 is 4.74 Å². The molecule has 0 bridgehead atoms. The number of hydroxylamine groups is 2. The van der Waals surface area contributed by atoms with Gasteiger partial charge in [0.05, 0.1) is 20.3 Å². The molecular weight excluding hydrogens is 354 g/mol. The quantitative estimate of drug-likeness (QED) is 0.375. The summed E-state index contributed by atoms with van der Waals surface area (Å²) in [6.07, 6.45) is 1.55. The van der Waals surface area contributed by atoms with Crippen LogP contribution in [0.1, 0.15) is 40.7 Å². The smallest absolute Gasteiger partial charge is 0.260 e. The number of nitrogens with zero attached hydrogens (tertiary/aromatic N) is 1. The maximum Gasteiger partial charge on any atom is 0.260 e.